The fourth-order valence-electron chi connectivity index (χ4n) is 3.49. The zero-order valence-corrected chi connectivity index (χ0v) is 16.7. The number of nitrogens with two attached hydrogens (primary N) is 1. The van der Waals surface area contributed by atoms with E-state index in [1.807, 2.05) is 0 Å². The van der Waals surface area contributed by atoms with Gasteiger partial charge in [-0.05, 0) is 38.3 Å². The highest BCUT2D eigenvalue weighted by Gasteiger charge is 2.30. The summed E-state index contributed by atoms with van der Waals surface area (Å²) >= 11 is 0. The van der Waals surface area contributed by atoms with Crippen LogP contribution in [0.15, 0.2) is 30.5 Å². The Morgan fingerprint density at radius 3 is 2.70 bits per heavy atom. The maximum Gasteiger partial charge on any atom is 0.259 e. The summed E-state index contributed by atoms with van der Waals surface area (Å²) in [4.78, 5) is 46.5. The zero-order chi connectivity index (χ0) is 21.7. The first-order valence-electron chi connectivity index (χ1n) is 9.84. The molecule has 1 atom stereocenters. The lowest BCUT2D eigenvalue weighted by molar-refractivity contribution is -0.136. The molecule has 0 saturated carbocycles. The molecule has 1 aromatic heterocycles. The van der Waals surface area contributed by atoms with E-state index in [0.29, 0.717) is 24.5 Å². The van der Waals surface area contributed by atoms with Crippen molar-refractivity contribution in [1.82, 2.24) is 14.9 Å². The molecule has 1 fully saturated rings. The van der Waals surface area contributed by atoms with Gasteiger partial charge in [-0.25, -0.2) is 14.4 Å². The van der Waals surface area contributed by atoms with Crippen LogP contribution in [0.3, 0.4) is 0 Å². The largest absolute Gasteiger partial charge is 0.370 e. The van der Waals surface area contributed by atoms with Gasteiger partial charge < -0.3 is 16.0 Å². The van der Waals surface area contributed by atoms with Crippen LogP contribution in [0, 0.1) is 12.7 Å². The van der Waals surface area contributed by atoms with Crippen LogP contribution in [0.4, 0.5) is 10.1 Å². The topological polar surface area (TPSA) is 118 Å². The molecule has 3 rings (SSSR count). The molecule has 1 aliphatic rings. The highest BCUT2D eigenvalue weighted by atomic mass is 19.1. The van der Waals surface area contributed by atoms with Gasteiger partial charge in [0.2, 0.25) is 11.8 Å². The maximum absolute atomic E-state index is 13.8. The summed E-state index contributed by atoms with van der Waals surface area (Å²) < 4.78 is 13.8. The minimum atomic E-state index is -0.534. The molecular weight excluding hydrogens is 389 g/mol. The normalized spacial score (nSPS) is 16.2. The highest BCUT2D eigenvalue weighted by Crippen LogP contribution is 2.30. The predicted octanol–water partition coefficient (Wildman–Crippen LogP) is 2.50. The SMILES string of the molecule is Cc1nc(C2CCCCN2C(=O)CCC(N)=O)ncc1C(=O)Nc1ccccc1F. The Hall–Kier alpha value is -3.36. The van der Waals surface area contributed by atoms with Gasteiger partial charge in [0.15, 0.2) is 5.82 Å². The van der Waals surface area contributed by atoms with E-state index in [4.69, 9.17) is 5.73 Å². The van der Waals surface area contributed by atoms with Crippen LogP contribution < -0.4 is 11.1 Å². The van der Waals surface area contributed by atoms with Gasteiger partial charge in [0.1, 0.15) is 5.82 Å². The summed E-state index contributed by atoms with van der Waals surface area (Å²) in [5, 5.41) is 2.52. The molecule has 8 nitrogen and oxygen atoms in total. The number of aryl methyl sites for hydroxylation is 1. The molecule has 3 amide bonds. The van der Waals surface area contributed by atoms with E-state index in [0.717, 1.165) is 12.8 Å². The first kappa shape index (κ1) is 21.4. The Morgan fingerprint density at radius 1 is 1.23 bits per heavy atom. The van der Waals surface area contributed by atoms with Gasteiger partial charge in [-0.3, -0.25) is 14.4 Å². The van der Waals surface area contributed by atoms with Gasteiger partial charge in [0.25, 0.3) is 5.91 Å². The molecule has 2 heterocycles. The van der Waals surface area contributed by atoms with Crippen molar-refractivity contribution in [3.63, 3.8) is 0 Å². The Balaban J connectivity index is 1.77. The number of para-hydroxylation sites is 1. The molecule has 9 heteroatoms. The number of amides is 3. The van der Waals surface area contributed by atoms with Crippen molar-refractivity contribution >= 4 is 23.4 Å². The fourth-order valence-corrected chi connectivity index (χ4v) is 3.49. The summed E-state index contributed by atoms with van der Waals surface area (Å²) in [5.74, 6) is -1.28. The van der Waals surface area contributed by atoms with E-state index >= 15 is 0 Å². The highest BCUT2D eigenvalue weighted by molar-refractivity contribution is 6.04. The molecule has 1 unspecified atom stereocenters. The van der Waals surface area contributed by atoms with Crippen LogP contribution in [-0.2, 0) is 9.59 Å². The van der Waals surface area contributed by atoms with E-state index < -0.39 is 17.6 Å². The number of aromatic nitrogens is 2. The third-order valence-corrected chi connectivity index (χ3v) is 5.07. The third kappa shape index (κ3) is 4.97. The van der Waals surface area contributed by atoms with Crippen molar-refractivity contribution in [2.75, 3.05) is 11.9 Å². The Labute approximate surface area is 173 Å². The lowest BCUT2D eigenvalue weighted by atomic mass is 10.00. The summed E-state index contributed by atoms with van der Waals surface area (Å²) in [6.07, 6.45) is 3.92. The number of primary amides is 1. The van der Waals surface area contributed by atoms with Crippen molar-refractivity contribution in [3.05, 3.63) is 53.4 Å². The fraction of sp³-hybridized carbons (Fsp3) is 0.381. The number of carbonyl (C=O) groups is 3. The number of carbonyl (C=O) groups excluding carboxylic acids is 3. The smallest absolute Gasteiger partial charge is 0.259 e. The minimum Gasteiger partial charge on any atom is -0.370 e. The van der Waals surface area contributed by atoms with E-state index in [9.17, 15) is 18.8 Å². The van der Waals surface area contributed by atoms with Crippen molar-refractivity contribution in [2.45, 2.75) is 45.1 Å². The number of rotatable bonds is 6. The summed E-state index contributed by atoms with van der Waals surface area (Å²) in [7, 11) is 0. The first-order valence-corrected chi connectivity index (χ1v) is 9.84. The molecule has 30 heavy (non-hydrogen) atoms. The second-order valence-electron chi connectivity index (χ2n) is 7.23. The summed E-state index contributed by atoms with van der Waals surface area (Å²) in [6.45, 7) is 2.23. The van der Waals surface area contributed by atoms with Crippen molar-refractivity contribution in [3.8, 4) is 0 Å². The van der Waals surface area contributed by atoms with Crippen LogP contribution >= 0.6 is 0 Å². The lowest BCUT2D eigenvalue weighted by Crippen LogP contribution is -2.39. The Kier molecular flexibility index (Phi) is 6.71. The van der Waals surface area contributed by atoms with Crippen LogP contribution in [0.2, 0.25) is 0 Å². The first-order chi connectivity index (χ1) is 14.4. The van der Waals surface area contributed by atoms with Crippen LogP contribution in [0.5, 0.6) is 0 Å². The van der Waals surface area contributed by atoms with Crippen molar-refractivity contribution in [1.29, 1.82) is 0 Å². The van der Waals surface area contributed by atoms with Crippen molar-refractivity contribution < 1.29 is 18.8 Å². The number of hydrogen-bond acceptors (Lipinski definition) is 5. The van der Waals surface area contributed by atoms with E-state index in [2.05, 4.69) is 15.3 Å². The number of benzene rings is 1. The minimum absolute atomic E-state index is 0.00288. The molecule has 1 aliphatic heterocycles. The average Bonchev–Trinajstić information content (AvgIpc) is 2.73. The second-order valence-corrected chi connectivity index (χ2v) is 7.23. The van der Waals surface area contributed by atoms with Crippen molar-refractivity contribution in [2.24, 2.45) is 5.73 Å². The quantitative estimate of drug-likeness (QED) is 0.754. The zero-order valence-electron chi connectivity index (χ0n) is 16.7. The van der Waals surface area contributed by atoms with Gasteiger partial charge in [-0.2, -0.15) is 0 Å². The number of anilines is 1. The van der Waals surface area contributed by atoms with E-state index in [-0.39, 0.29) is 36.0 Å². The Morgan fingerprint density at radius 2 is 2.00 bits per heavy atom. The molecule has 0 spiro atoms. The third-order valence-electron chi connectivity index (χ3n) is 5.07. The van der Waals surface area contributed by atoms with Gasteiger partial charge >= 0.3 is 0 Å². The Bertz CT molecular complexity index is 965. The predicted molar refractivity (Wildman–Crippen MR) is 108 cm³/mol. The summed E-state index contributed by atoms with van der Waals surface area (Å²) in [5.41, 5.74) is 5.88. The number of likely N-dealkylation sites (tertiary alicyclic amines) is 1. The lowest BCUT2D eigenvalue weighted by Gasteiger charge is -2.35. The molecular formula is C21H24FN5O3. The summed E-state index contributed by atoms with van der Waals surface area (Å²) in [6, 6.07) is 5.57. The number of nitrogens with zero attached hydrogens (tertiary/aromatic N) is 3. The van der Waals surface area contributed by atoms with Gasteiger partial charge in [0.05, 0.1) is 23.0 Å². The molecule has 1 saturated heterocycles. The van der Waals surface area contributed by atoms with Gasteiger partial charge in [-0.1, -0.05) is 12.1 Å². The molecule has 0 radical (unpaired) electrons. The number of hydrogen-bond donors (Lipinski definition) is 2. The monoisotopic (exact) mass is 413 g/mol. The molecule has 158 valence electrons. The maximum atomic E-state index is 13.8. The number of piperidine rings is 1. The van der Waals surface area contributed by atoms with Crippen LogP contribution in [0.25, 0.3) is 0 Å². The van der Waals surface area contributed by atoms with Crippen LogP contribution in [0.1, 0.15) is 60.0 Å². The molecule has 1 aromatic carbocycles. The number of nitrogens with one attached hydrogen (secondary N) is 1. The average molecular weight is 413 g/mol. The van der Waals surface area contributed by atoms with E-state index in [1.165, 1.54) is 24.4 Å². The molecule has 0 bridgehead atoms. The van der Waals surface area contributed by atoms with E-state index in [1.54, 1.807) is 17.9 Å². The van der Waals surface area contributed by atoms with Crippen LogP contribution in [-0.4, -0.2) is 39.1 Å². The number of halogens is 1. The molecule has 3 N–H and O–H groups in total. The standard InChI is InChI=1S/C21H24FN5O3/c1-13-14(21(30)26-16-7-3-2-6-15(16)22)12-24-20(25-13)17-8-4-5-11-27(17)19(29)10-9-18(23)28/h2-3,6-7,12,17H,4-5,8-11H2,1H3,(H2,23,28)(H,26,30). The second kappa shape index (κ2) is 9.43. The van der Waals surface area contributed by atoms with Gasteiger partial charge in [-0.15, -0.1) is 0 Å². The molecule has 0 aliphatic carbocycles. The van der Waals surface area contributed by atoms with Gasteiger partial charge in [0, 0.05) is 25.6 Å². The molecule has 2 aromatic rings.